The monoisotopic (exact) mass is 243 g/mol. The normalized spacial score (nSPS) is 28.1. The van der Waals surface area contributed by atoms with E-state index in [9.17, 15) is 0 Å². The average Bonchev–Trinajstić information content (AvgIpc) is 2.82. The van der Waals surface area contributed by atoms with Crippen LogP contribution in [-0.2, 0) is 0 Å². The summed E-state index contributed by atoms with van der Waals surface area (Å²) in [5.41, 5.74) is 9.68. The van der Waals surface area contributed by atoms with Crippen LogP contribution >= 0.6 is 0 Å². The molecule has 3 unspecified atom stereocenters. The van der Waals surface area contributed by atoms with Gasteiger partial charge in [-0.2, -0.15) is 0 Å². The van der Waals surface area contributed by atoms with Crippen LogP contribution in [0.4, 0.5) is 5.95 Å². The maximum atomic E-state index is 6.16. The molecule has 1 aromatic carbocycles. The zero-order chi connectivity index (χ0) is 12.9. The number of para-hydroxylation sites is 1. The lowest BCUT2D eigenvalue weighted by atomic mass is 9.97. The van der Waals surface area contributed by atoms with Crippen molar-refractivity contribution >= 4 is 17.0 Å². The van der Waals surface area contributed by atoms with Gasteiger partial charge in [0.25, 0.3) is 0 Å². The zero-order valence-corrected chi connectivity index (χ0v) is 11.4. The fourth-order valence-corrected chi connectivity index (χ4v) is 3.38. The second-order valence-electron chi connectivity index (χ2n) is 5.76. The van der Waals surface area contributed by atoms with Crippen molar-refractivity contribution in [1.29, 1.82) is 0 Å². The van der Waals surface area contributed by atoms with Gasteiger partial charge in [-0.3, -0.25) is 0 Å². The van der Waals surface area contributed by atoms with Gasteiger partial charge in [0.2, 0.25) is 5.95 Å². The van der Waals surface area contributed by atoms with Crippen LogP contribution in [0, 0.1) is 18.8 Å². The number of imidazole rings is 1. The molecule has 0 saturated heterocycles. The van der Waals surface area contributed by atoms with Gasteiger partial charge in [-0.15, -0.1) is 0 Å². The Morgan fingerprint density at radius 1 is 1.28 bits per heavy atom. The van der Waals surface area contributed by atoms with Gasteiger partial charge in [0.05, 0.1) is 11.0 Å². The summed E-state index contributed by atoms with van der Waals surface area (Å²) in [7, 11) is 0. The Balaban J connectivity index is 2.20. The molecule has 1 saturated carbocycles. The van der Waals surface area contributed by atoms with Crippen LogP contribution in [0.3, 0.4) is 0 Å². The van der Waals surface area contributed by atoms with Crippen molar-refractivity contribution in [2.24, 2.45) is 11.8 Å². The Morgan fingerprint density at radius 3 is 2.72 bits per heavy atom. The fourth-order valence-electron chi connectivity index (χ4n) is 3.38. The molecule has 1 heterocycles. The molecule has 3 rings (SSSR count). The number of rotatable bonds is 1. The summed E-state index contributed by atoms with van der Waals surface area (Å²) in [4.78, 5) is 4.52. The summed E-state index contributed by atoms with van der Waals surface area (Å²) < 4.78 is 2.28. The molecular weight excluding hydrogens is 222 g/mol. The SMILES string of the molecule is Cc1cccc2nc(N)n(C3CCC(C)C3C)c12. The molecule has 96 valence electrons. The van der Waals surface area contributed by atoms with Crippen LogP contribution in [0.1, 0.15) is 38.3 Å². The highest BCUT2D eigenvalue weighted by Gasteiger charge is 2.33. The first-order valence-corrected chi connectivity index (χ1v) is 6.82. The van der Waals surface area contributed by atoms with Gasteiger partial charge in [0.1, 0.15) is 0 Å². The van der Waals surface area contributed by atoms with E-state index in [0.29, 0.717) is 17.9 Å². The lowest BCUT2D eigenvalue weighted by Gasteiger charge is -2.22. The van der Waals surface area contributed by atoms with Gasteiger partial charge in [-0.1, -0.05) is 26.0 Å². The standard InChI is InChI=1S/C15H21N3/c1-9-7-8-13(11(9)3)18-14-10(2)5-4-6-12(14)17-15(18)16/h4-6,9,11,13H,7-8H2,1-3H3,(H2,16,17). The lowest BCUT2D eigenvalue weighted by molar-refractivity contribution is 0.361. The van der Waals surface area contributed by atoms with Gasteiger partial charge in [-0.05, 0) is 43.2 Å². The van der Waals surface area contributed by atoms with E-state index in [0.717, 1.165) is 11.4 Å². The third-order valence-electron chi connectivity index (χ3n) is 4.69. The molecule has 0 aliphatic heterocycles. The number of hydrogen-bond acceptors (Lipinski definition) is 2. The van der Waals surface area contributed by atoms with Crippen LogP contribution in [0.5, 0.6) is 0 Å². The van der Waals surface area contributed by atoms with Crippen molar-refractivity contribution < 1.29 is 0 Å². The molecular formula is C15H21N3. The van der Waals surface area contributed by atoms with E-state index in [1.54, 1.807) is 0 Å². The van der Waals surface area contributed by atoms with Crippen LogP contribution in [0.2, 0.25) is 0 Å². The number of anilines is 1. The van der Waals surface area contributed by atoms with E-state index in [1.807, 2.05) is 0 Å². The fraction of sp³-hybridized carbons (Fsp3) is 0.533. The molecule has 1 aliphatic carbocycles. The first-order valence-electron chi connectivity index (χ1n) is 6.82. The van der Waals surface area contributed by atoms with E-state index in [-0.39, 0.29) is 0 Å². The highest BCUT2D eigenvalue weighted by molar-refractivity contribution is 5.81. The van der Waals surface area contributed by atoms with E-state index < -0.39 is 0 Å². The third-order valence-corrected chi connectivity index (χ3v) is 4.69. The topological polar surface area (TPSA) is 43.8 Å². The molecule has 0 spiro atoms. The second-order valence-corrected chi connectivity index (χ2v) is 5.76. The first kappa shape index (κ1) is 11.6. The summed E-state index contributed by atoms with van der Waals surface area (Å²) in [6, 6.07) is 6.75. The van der Waals surface area contributed by atoms with Crippen LogP contribution < -0.4 is 5.73 Å². The summed E-state index contributed by atoms with van der Waals surface area (Å²) in [6.45, 7) is 6.82. The first-order chi connectivity index (χ1) is 8.59. The van der Waals surface area contributed by atoms with Crippen molar-refractivity contribution in [2.75, 3.05) is 5.73 Å². The minimum Gasteiger partial charge on any atom is -0.369 e. The largest absolute Gasteiger partial charge is 0.369 e. The molecule has 2 N–H and O–H groups in total. The summed E-state index contributed by atoms with van der Waals surface area (Å²) >= 11 is 0. The molecule has 0 bridgehead atoms. The molecule has 1 aliphatic rings. The van der Waals surface area contributed by atoms with Crippen molar-refractivity contribution in [3.8, 4) is 0 Å². The van der Waals surface area contributed by atoms with E-state index in [4.69, 9.17) is 5.73 Å². The lowest BCUT2D eigenvalue weighted by Crippen LogP contribution is -2.16. The number of aryl methyl sites for hydroxylation is 1. The predicted octanol–water partition coefficient (Wildman–Crippen LogP) is 3.53. The van der Waals surface area contributed by atoms with Crippen molar-refractivity contribution in [1.82, 2.24) is 9.55 Å². The number of nitrogens with two attached hydrogens (primary N) is 1. The number of nitrogens with zero attached hydrogens (tertiary/aromatic N) is 2. The Labute approximate surface area is 108 Å². The van der Waals surface area contributed by atoms with E-state index >= 15 is 0 Å². The number of benzene rings is 1. The number of hydrogen-bond donors (Lipinski definition) is 1. The van der Waals surface area contributed by atoms with Gasteiger partial charge in [0.15, 0.2) is 0 Å². The van der Waals surface area contributed by atoms with Gasteiger partial charge >= 0.3 is 0 Å². The second kappa shape index (κ2) is 4.01. The molecule has 1 aromatic heterocycles. The highest BCUT2D eigenvalue weighted by Crippen LogP contribution is 2.42. The van der Waals surface area contributed by atoms with Gasteiger partial charge < -0.3 is 10.3 Å². The van der Waals surface area contributed by atoms with Crippen molar-refractivity contribution in [3.05, 3.63) is 23.8 Å². The number of fused-ring (bicyclic) bond motifs is 1. The molecule has 2 aromatic rings. The minimum absolute atomic E-state index is 0.506. The average molecular weight is 243 g/mol. The summed E-state index contributed by atoms with van der Waals surface area (Å²) in [6.07, 6.45) is 2.50. The van der Waals surface area contributed by atoms with E-state index in [2.05, 4.69) is 48.5 Å². The van der Waals surface area contributed by atoms with Crippen LogP contribution in [-0.4, -0.2) is 9.55 Å². The Bertz CT molecular complexity index is 585. The Hall–Kier alpha value is -1.51. The smallest absolute Gasteiger partial charge is 0.201 e. The summed E-state index contributed by atoms with van der Waals surface area (Å²) in [5, 5.41) is 0. The molecule has 0 radical (unpaired) electrons. The van der Waals surface area contributed by atoms with Gasteiger partial charge in [0, 0.05) is 6.04 Å². The third kappa shape index (κ3) is 1.53. The van der Waals surface area contributed by atoms with E-state index in [1.165, 1.54) is 23.9 Å². The minimum atomic E-state index is 0.506. The van der Waals surface area contributed by atoms with Gasteiger partial charge in [-0.25, -0.2) is 4.98 Å². The maximum Gasteiger partial charge on any atom is 0.201 e. The van der Waals surface area contributed by atoms with Crippen LogP contribution in [0.15, 0.2) is 18.2 Å². The zero-order valence-electron chi connectivity index (χ0n) is 11.4. The van der Waals surface area contributed by atoms with Crippen molar-refractivity contribution in [2.45, 2.75) is 39.7 Å². The molecule has 3 atom stereocenters. The predicted molar refractivity (Wildman–Crippen MR) is 75.5 cm³/mol. The Kier molecular flexibility index (Phi) is 2.58. The molecule has 18 heavy (non-hydrogen) atoms. The number of nitrogen functional groups attached to an aromatic ring is 1. The number of aromatic nitrogens is 2. The quantitative estimate of drug-likeness (QED) is 0.832. The highest BCUT2D eigenvalue weighted by atomic mass is 15.2. The molecule has 1 fully saturated rings. The van der Waals surface area contributed by atoms with Crippen LogP contribution in [0.25, 0.3) is 11.0 Å². The summed E-state index contributed by atoms with van der Waals surface area (Å²) in [5.74, 6) is 2.12. The molecule has 0 amide bonds. The Morgan fingerprint density at radius 2 is 2.06 bits per heavy atom. The van der Waals surface area contributed by atoms with Crippen molar-refractivity contribution in [3.63, 3.8) is 0 Å². The molecule has 3 nitrogen and oxygen atoms in total. The molecule has 3 heteroatoms. The maximum absolute atomic E-state index is 6.16.